The SMILES string of the molecule is CC.CC(C)(C)OC(=O)N1CCC(O)CC1.O=C=O. The van der Waals surface area contributed by atoms with E-state index < -0.39 is 5.60 Å². The van der Waals surface area contributed by atoms with Gasteiger partial charge in [-0.2, -0.15) is 9.59 Å². The second-order valence-corrected chi connectivity index (χ2v) is 4.78. The third-order valence-electron chi connectivity index (χ3n) is 2.12. The number of aliphatic hydroxyl groups excluding tert-OH is 1. The summed E-state index contributed by atoms with van der Waals surface area (Å²) in [6.07, 6.45) is 1.02. The lowest BCUT2D eigenvalue weighted by atomic mass is 10.1. The second kappa shape index (κ2) is 10.5. The second-order valence-electron chi connectivity index (χ2n) is 4.78. The quantitative estimate of drug-likeness (QED) is 0.729. The van der Waals surface area contributed by atoms with Gasteiger partial charge in [0.05, 0.1) is 6.10 Å². The molecule has 1 rings (SSSR count). The number of carbonyl (C=O) groups excluding carboxylic acids is 3. The lowest BCUT2D eigenvalue weighted by Gasteiger charge is -2.31. The molecule has 0 saturated carbocycles. The van der Waals surface area contributed by atoms with Gasteiger partial charge in [-0.1, -0.05) is 13.8 Å². The van der Waals surface area contributed by atoms with Gasteiger partial charge in [0.1, 0.15) is 5.60 Å². The lowest BCUT2D eigenvalue weighted by molar-refractivity contribution is -0.191. The molecule has 1 fully saturated rings. The normalized spacial score (nSPS) is 15.2. The number of aliphatic hydroxyl groups is 1. The van der Waals surface area contributed by atoms with Crippen molar-refractivity contribution in [1.82, 2.24) is 4.90 Å². The van der Waals surface area contributed by atoms with Crippen LogP contribution in [0.2, 0.25) is 0 Å². The lowest BCUT2D eigenvalue weighted by Crippen LogP contribution is -2.42. The van der Waals surface area contributed by atoms with Gasteiger partial charge >= 0.3 is 12.2 Å². The maximum Gasteiger partial charge on any atom is 0.410 e. The van der Waals surface area contributed by atoms with Gasteiger partial charge in [0.25, 0.3) is 0 Å². The van der Waals surface area contributed by atoms with Crippen molar-refractivity contribution in [2.45, 2.75) is 59.2 Å². The number of piperidine rings is 1. The number of hydrogen-bond acceptors (Lipinski definition) is 5. The standard InChI is InChI=1S/C10H19NO3.C2H6.CO2/c1-10(2,3)14-9(13)11-6-4-8(12)5-7-11;1-2;2-1-3/h8,12H,4-7H2,1-3H3;1-2H3;. The molecule has 0 aromatic carbocycles. The van der Waals surface area contributed by atoms with Gasteiger partial charge in [-0.05, 0) is 33.6 Å². The van der Waals surface area contributed by atoms with Crippen molar-refractivity contribution in [2.75, 3.05) is 13.1 Å². The Labute approximate surface area is 114 Å². The van der Waals surface area contributed by atoms with Crippen molar-refractivity contribution in [2.24, 2.45) is 0 Å². The Hall–Kier alpha value is -1.39. The Bertz CT molecular complexity index is 271. The van der Waals surface area contributed by atoms with Gasteiger partial charge in [0.15, 0.2) is 0 Å². The van der Waals surface area contributed by atoms with Crippen LogP contribution >= 0.6 is 0 Å². The van der Waals surface area contributed by atoms with Crippen LogP contribution in [0.15, 0.2) is 0 Å². The minimum Gasteiger partial charge on any atom is -0.444 e. The molecule has 6 nitrogen and oxygen atoms in total. The average Bonchev–Trinajstić information content (AvgIpc) is 2.31. The van der Waals surface area contributed by atoms with E-state index >= 15 is 0 Å². The number of likely N-dealkylation sites (tertiary alicyclic amines) is 1. The number of rotatable bonds is 0. The third kappa shape index (κ3) is 11.4. The molecule has 1 heterocycles. The van der Waals surface area contributed by atoms with Crippen LogP contribution in [0.25, 0.3) is 0 Å². The van der Waals surface area contributed by atoms with Crippen molar-refractivity contribution in [3.05, 3.63) is 0 Å². The smallest absolute Gasteiger partial charge is 0.410 e. The third-order valence-corrected chi connectivity index (χ3v) is 2.12. The first-order valence-corrected chi connectivity index (χ1v) is 6.45. The highest BCUT2D eigenvalue weighted by atomic mass is 16.6. The number of ether oxygens (including phenoxy) is 1. The Balaban J connectivity index is 0. The number of amides is 1. The van der Waals surface area contributed by atoms with Crippen LogP contribution in [0.3, 0.4) is 0 Å². The zero-order valence-electron chi connectivity index (χ0n) is 12.4. The average molecular weight is 275 g/mol. The highest BCUT2D eigenvalue weighted by Gasteiger charge is 2.25. The molecule has 0 bridgehead atoms. The van der Waals surface area contributed by atoms with Crippen LogP contribution < -0.4 is 0 Å². The molecule has 112 valence electrons. The number of nitrogens with zero attached hydrogens (tertiary/aromatic N) is 1. The van der Waals surface area contributed by atoms with E-state index in [1.807, 2.05) is 34.6 Å². The molecule has 0 aromatic heterocycles. The van der Waals surface area contributed by atoms with Gasteiger partial charge in [-0.15, -0.1) is 0 Å². The topological polar surface area (TPSA) is 83.9 Å². The van der Waals surface area contributed by atoms with E-state index in [-0.39, 0.29) is 18.3 Å². The molecule has 1 amide bonds. The van der Waals surface area contributed by atoms with Gasteiger partial charge in [0, 0.05) is 13.1 Å². The maximum absolute atomic E-state index is 11.5. The summed E-state index contributed by atoms with van der Waals surface area (Å²) in [5, 5.41) is 9.26. The summed E-state index contributed by atoms with van der Waals surface area (Å²) in [4.78, 5) is 29.4. The summed E-state index contributed by atoms with van der Waals surface area (Å²) >= 11 is 0. The Kier molecular flexibility index (Phi) is 11.0. The van der Waals surface area contributed by atoms with Crippen molar-refractivity contribution >= 4 is 12.2 Å². The first-order chi connectivity index (χ1) is 8.80. The van der Waals surface area contributed by atoms with Crippen LogP contribution in [0, 0.1) is 0 Å². The molecule has 0 unspecified atom stereocenters. The summed E-state index contributed by atoms with van der Waals surface area (Å²) in [6.45, 7) is 10.7. The molecule has 6 heteroatoms. The summed E-state index contributed by atoms with van der Waals surface area (Å²) in [7, 11) is 0. The van der Waals surface area contributed by atoms with Crippen LogP contribution in [0.5, 0.6) is 0 Å². The zero-order chi connectivity index (χ0) is 15.5. The molecule has 1 aliphatic heterocycles. The highest BCUT2D eigenvalue weighted by Crippen LogP contribution is 2.14. The fourth-order valence-corrected chi connectivity index (χ4v) is 1.37. The minimum absolute atomic E-state index is 0.250. The van der Waals surface area contributed by atoms with Crippen molar-refractivity contribution in [3.8, 4) is 0 Å². The highest BCUT2D eigenvalue weighted by molar-refractivity contribution is 5.68. The molecule has 0 aliphatic carbocycles. The molecule has 0 radical (unpaired) electrons. The number of hydrogen-bond donors (Lipinski definition) is 1. The van der Waals surface area contributed by atoms with Gasteiger partial charge < -0.3 is 14.7 Å². The van der Waals surface area contributed by atoms with E-state index in [0.29, 0.717) is 25.9 Å². The van der Waals surface area contributed by atoms with Crippen LogP contribution in [0.4, 0.5) is 4.79 Å². The Morgan fingerprint density at radius 1 is 1.21 bits per heavy atom. The molecule has 0 aromatic rings. The zero-order valence-corrected chi connectivity index (χ0v) is 12.4. The van der Waals surface area contributed by atoms with E-state index in [1.54, 1.807) is 4.90 Å². The summed E-state index contributed by atoms with van der Waals surface area (Å²) < 4.78 is 5.22. The largest absolute Gasteiger partial charge is 0.444 e. The van der Waals surface area contributed by atoms with Gasteiger partial charge in [0.2, 0.25) is 0 Å². The maximum atomic E-state index is 11.5. The van der Waals surface area contributed by atoms with Crippen LogP contribution in [-0.2, 0) is 14.3 Å². The summed E-state index contributed by atoms with van der Waals surface area (Å²) in [6, 6.07) is 0. The van der Waals surface area contributed by atoms with E-state index in [2.05, 4.69) is 0 Å². The van der Waals surface area contributed by atoms with E-state index in [0.717, 1.165) is 0 Å². The molecule has 0 spiro atoms. The van der Waals surface area contributed by atoms with Gasteiger partial charge in [-0.3, -0.25) is 0 Å². The van der Waals surface area contributed by atoms with Crippen molar-refractivity contribution < 1.29 is 24.2 Å². The predicted molar refractivity (Wildman–Crippen MR) is 69.4 cm³/mol. The van der Waals surface area contributed by atoms with Gasteiger partial charge in [-0.25, -0.2) is 4.79 Å². The van der Waals surface area contributed by atoms with Crippen molar-refractivity contribution in [3.63, 3.8) is 0 Å². The first kappa shape index (κ1) is 19.9. The fraction of sp³-hybridized carbons (Fsp3) is 0.846. The fourth-order valence-electron chi connectivity index (χ4n) is 1.37. The molecular weight excluding hydrogens is 250 g/mol. The minimum atomic E-state index is -0.437. The summed E-state index contributed by atoms with van der Waals surface area (Å²) in [5.41, 5.74) is -0.437. The van der Waals surface area contributed by atoms with E-state index in [1.165, 1.54) is 0 Å². The predicted octanol–water partition coefficient (Wildman–Crippen LogP) is 1.82. The van der Waals surface area contributed by atoms with Crippen LogP contribution in [0.1, 0.15) is 47.5 Å². The Morgan fingerprint density at radius 3 is 1.89 bits per heavy atom. The first-order valence-electron chi connectivity index (χ1n) is 6.45. The molecule has 1 saturated heterocycles. The van der Waals surface area contributed by atoms with E-state index in [4.69, 9.17) is 14.3 Å². The number of carbonyl (C=O) groups is 1. The van der Waals surface area contributed by atoms with Crippen molar-refractivity contribution in [1.29, 1.82) is 0 Å². The van der Waals surface area contributed by atoms with E-state index in [9.17, 15) is 9.90 Å². The molecular formula is C13H25NO5. The molecule has 1 N–H and O–H groups in total. The monoisotopic (exact) mass is 275 g/mol. The Morgan fingerprint density at radius 2 is 1.58 bits per heavy atom. The summed E-state index contributed by atoms with van der Waals surface area (Å²) in [5.74, 6) is 0. The molecule has 1 aliphatic rings. The molecule has 19 heavy (non-hydrogen) atoms. The van der Waals surface area contributed by atoms with Crippen LogP contribution in [-0.4, -0.2) is 47.0 Å². The molecule has 0 atom stereocenters.